The van der Waals surface area contributed by atoms with Gasteiger partial charge in [-0.1, -0.05) is 35.9 Å². The Kier molecular flexibility index (Phi) is 6.56. The smallest absolute Gasteiger partial charge is 0.258 e. The topological polar surface area (TPSA) is 56.8 Å². The van der Waals surface area contributed by atoms with Crippen LogP contribution in [0, 0.1) is 0 Å². The Bertz CT molecular complexity index is 648. The van der Waals surface area contributed by atoms with Gasteiger partial charge in [-0.2, -0.15) is 0 Å². The van der Waals surface area contributed by atoms with E-state index in [2.05, 4.69) is 5.32 Å². The molecule has 0 fully saturated rings. The molecular formula is C17H18ClNO4. The van der Waals surface area contributed by atoms with Crippen molar-refractivity contribution in [2.75, 3.05) is 26.9 Å². The maximum absolute atomic E-state index is 11.7. The van der Waals surface area contributed by atoms with Crippen molar-refractivity contribution >= 4 is 17.5 Å². The van der Waals surface area contributed by atoms with Gasteiger partial charge in [-0.05, 0) is 24.3 Å². The van der Waals surface area contributed by atoms with Crippen LogP contribution in [0.25, 0.3) is 0 Å². The van der Waals surface area contributed by atoms with Gasteiger partial charge in [0, 0.05) is 0 Å². The summed E-state index contributed by atoms with van der Waals surface area (Å²) in [6.45, 7) is 0.597. The van der Waals surface area contributed by atoms with Gasteiger partial charge in [0.1, 0.15) is 12.4 Å². The van der Waals surface area contributed by atoms with Gasteiger partial charge in [0.25, 0.3) is 5.91 Å². The monoisotopic (exact) mass is 335 g/mol. The lowest BCUT2D eigenvalue weighted by Crippen LogP contribution is -2.32. The van der Waals surface area contributed by atoms with Crippen LogP contribution in [-0.2, 0) is 4.79 Å². The first-order chi connectivity index (χ1) is 11.2. The second-order valence-electron chi connectivity index (χ2n) is 4.57. The molecule has 1 N–H and O–H groups in total. The molecule has 0 saturated heterocycles. The number of rotatable bonds is 8. The number of hydrogen-bond acceptors (Lipinski definition) is 4. The molecule has 2 aromatic carbocycles. The van der Waals surface area contributed by atoms with Gasteiger partial charge in [-0.15, -0.1) is 0 Å². The Hall–Kier alpha value is -2.40. The predicted molar refractivity (Wildman–Crippen MR) is 88.4 cm³/mol. The highest BCUT2D eigenvalue weighted by molar-refractivity contribution is 6.32. The van der Waals surface area contributed by atoms with Crippen molar-refractivity contribution in [1.29, 1.82) is 0 Å². The van der Waals surface area contributed by atoms with E-state index in [4.69, 9.17) is 25.8 Å². The molecule has 0 aliphatic carbocycles. The van der Waals surface area contributed by atoms with Gasteiger partial charge >= 0.3 is 0 Å². The van der Waals surface area contributed by atoms with Gasteiger partial charge in [0.15, 0.2) is 18.1 Å². The van der Waals surface area contributed by atoms with Crippen LogP contribution in [0.4, 0.5) is 0 Å². The normalized spacial score (nSPS) is 10.0. The zero-order chi connectivity index (χ0) is 16.5. The average molecular weight is 336 g/mol. The third-order valence-electron chi connectivity index (χ3n) is 2.95. The minimum Gasteiger partial charge on any atom is -0.493 e. The molecule has 0 saturated carbocycles. The number of methoxy groups -OCH3 is 1. The molecule has 5 nitrogen and oxygen atoms in total. The summed E-state index contributed by atoms with van der Waals surface area (Å²) < 4.78 is 16.1. The Morgan fingerprint density at radius 3 is 2.35 bits per heavy atom. The molecule has 2 aromatic rings. The molecular weight excluding hydrogens is 318 g/mol. The fourth-order valence-corrected chi connectivity index (χ4v) is 2.04. The zero-order valence-corrected chi connectivity index (χ0v) is 13.5. The molecule has 6 heteroatoms. The molecule has 0 bridgehead atoms. The van der Waals surface area contributed by atoms with Crippen LogP contribution < -0.4 is 19.5 Å². The lowest BCUT2D eigenvalue weighted by atomic mass is 10.3. The van der Waals surface area contributed by atoms with E-state index in [1.54, 1.807) is 37.4 Å². The molecule has 0 aliphatic heterocycles. The first-order valence-electron chi connectivity index (χ1n) is 7.10. The highest BCUT2D eigenvalue weighted by atomic mass is 35.5. The Morgan fingerprint density at radius 1 is 1.00 bits per heavy atom. The predicted octanol–water partition coefficient (Wildman–Crippen LogP) is 2.92. The fraction of sp³-hybridized carbons (Fsp3) is 0.235. The standard InChI is InChI=1S/C17H18ClNO4/c1-21-15-8-4-5-9-16(15)22-11-10-19-17(20)12-23-14-7-3-2-6-13(14)18/h2-9H,10-12H2,1H3,(H,19,20). The fourth-order valence-electron chi connectivity index (χ4n) is 1.85. The van der Waals surface area contributed by atoms with Crippen LogP contribution in [0.3, 0.4) is 0 Å². The van der Waals surface area contributed by atoms with E-state index in [1.165, 1.54) is 0 Å². The van der Waals surface area contributed by atoms with Crippen LogP contribution in [0.15, 0.2) is 48.5 Å². The number of para-hydroxylation sites is 3. The van der Waals surface area contributed by atoms with Crippen LogP contribution in [0.1, 0.15) is 0 Å². The highest BCUT2D eigenvalue weighted by Gasteiger charge is 2.06. The number of amides is 1. The third-order valence-corrected chi connectivity index (χ3v) is 3.26. The molecule has 0 heterocycles. The van der Waals surface area contributed by atoms with E-state index in [-0.39, 0.29) is 12.5 Å². The summed E-state index contributed by atoms with van der Waals surface area (Å²) in [4.78, 5) is 11.7. The van der Waals surface area contributed by atoms with Gasteiger partial charge in [0.05, 0.1) is 18.7 Å². The Balaban J connectivity index is 1.68. The summed E-state index contributed by atoms with van der Waals surface area (Å²) in [5, 5.41) is 3.18. The van der Waals surface area contributed by atoms with Crippen molar-refractivity contribution in [3.63, 3.8) is 0 Å². The lowest BCUT2D eigenvalue weighted by Gasteiger charge is -2.11. The summed E-state index contributed by atoms with van der Waals surface area (Å²) >= 11 is 5.94. The van der Waals surface area contributed by atoms with Crippen LogP contribution in [0.5, 0.6) is 17.2 Å². The minimum atomic E-state index is -0.242. The molecule has 0 aromatic heterocycles. The number of nitrogens with one attached hydrogen (secondary N) is 1. The summed E-state index contributed by atoms with van der Waals surface area (Å²) in [6, 6.07) is 14.3. The number of carbonyl (C=O) groups excluding carboxylic acids is 1. The van der Waals surface area contributed by atoms with Crippen molar-refractivity contribution in [1.82, 2.24) is 5.32 Å². The molecule has 0 atom stereocenters. The SMILES string of the molecule is COc1ccccc1OCCNC(=O)COc1ccccc1Cl. The number of carbonyl (C=O) groups is 1. The summed E-state index contributed by atoms with van der Waals surface area (Å²) in [6.07, 6.45) is 0. The van der Waals surface area contributed by atoms with E-state index >= 15 is 0 Å². The third kappa shape index (κ3) is 5.38. The maximum atomic E-state index is 11.7. The molecule has 1 amide bonds. The average Bonchev–Trinajstić information content (AvgIpc) is 2.58. The molecule has 2 rings (SSSR count). The lowest BCUT2D eigenvalue weighted by molar-refractivity contribution is -0.123. The van der Waals surface area contributed by atoms with Gasteiger partial charge in [-0.25, -0.2) is 0 Å². The summed E-state index contributed by atoms with van der Waals surface area (Å²) in [5.41, 5.74) is 0. The number of benzene rings is 2. The van der Waals surface area contributed by atoms with E-state index in [9.17, 15) is 4.79 Å². The van der Waals surface area contributed by atoms with Crippen LogP contribution >= 0.6 is 11.6 Å². The maximum Gasteiger partial charge on any atom is 0.258 e. The Labute approximate surface area is 140 Å². The molecule has 0 spiro atoms. The highest BCUT2D eigenvalue weighted by Crippen LogP contribution is 2.25. The second-order valence-corrected chi connectivity index (χ2v) is 4.98. The molecule has 0 radical (unpaired) electrons. The quantitative estimate of drug-likeness (QED) is 0.754. The second kappa shape index (κ2) is 8.90. The summed E-state index contributed by atoms with van der Waals surface area (Å²) in [7, 11) is 1.58. The van der Waals surface area contributed by atoms with Gasteiger partial charge < -0.3 is 19.5 Å². The molecule has 122 valence electrons. The Morgan fingerprint density at radius 2 is 1.65 bits per heavy atom. The van der Waals surface area contributed by atoms with Crippen molar-refractivity contribution in [3.05, 3.63) is 53.6 Å². The van der Waals surface area contributed by atoms with Gasteiger partial charge in [-0.3, -0.25) is 4.79 Å². The van der Waals surface area contributed by atoms with Crippen molar-refractivity contribution in [2.45, 2.75) is 0 Å². The van der Waals surface area contributed by atoms with Crippen molar-refractivity contribution in [2.24, 2.45) is 0 Å². The first kappa shape index (κ1) is 17.0. The van der Waals surface area contributed by atoms with Crippen molar-refractivity contribution in [3.8, 4) is 17.2 Å². The van der Waals surface area contributed by atoms with Crippen LogP contribution in [-0.4, -0.2) is 32.8 Å². The largest absolute Gasteiger partial charge is 0.493 e. The number of ether oxygens (including phenoxy) is 3. The first-order valence-corrected chi connectivity index (χ1v) is 7.48. The number of hydrogen-bond donors (Lipinski definition) is 1. The minimum absolute atomic E-state index is 0.0988. The van der Waals surface area contributed by atoms with E-state index in [1.807, 2.05) is 18.2 Å². The van der Waals surface area contributed by atoms with E-state index in [0.29, 0.717) is 35.4 Å². The van der Waals surface area contributed by atoms with E-state index < -0.39 is 0 Å². The van der Waals surface area contributed by atoms with Gasteiger partial charge in [0.2, 0.25) is 0 Å². The van der Waals surface area contributed by atoms with Crippen LogP contribution in [0.2, 0.25) is 5.02 Å². The molecule has 23 heavy (non-hydrogen) atoms. The molecule has 0 aliphatic rings. The number of halogens is 1. The zero-order valence-electron chi connectivity index (χ0n) is 12.8. The molecule has 0 unspecified atom stereocenters. The van der Waals surface area contributed by atoms with E-state index in [0.717, 1.165) is 0 Å². The van der Waals surface area contributed by atoms with Crippen molar-refractivity contribution < 1.29 is 19.0 Å². The summed E-state index contributed by atoms with van der Waals surface area (Å²) in [5.74, 6) is 1.53.